The molecule has 0 aromatic carbocycles. The van der Waals surface area contributed by atoms with Crippen LogP contribution in [0.1, 0.15) is 39.0 Å². The van der Waals surface area contributed by atoms with E-state index < -0.39 is 0 Å². The van der Waals surface area contributed by atoms with Crippen molar-refractivity contribution in [3.05, 3.63) is 0 Å². The Morgan fingerprint density at radius 3 is 2.67 bits per heavy atom. The molecule has 0 bridgehead atoms. The van der Waals surface area contributed by atoms with Crippen LogP contribution in [0.25, 0.3) is 0 Å². The van der Waals surface area contributed by atoms with E-state index in [4.69, 9.17) is 0 Å². The first-order valence-corrected chi connectivity index (χ1v) is 5.78. The van der Waals surface area contributed by atoms with Crippen molar-refractivity contribution < 1.29 is 4.79 Å². The minimum atomic E-state index is 0. The van der Waals surface area contributed by atoms with Crippen LogP contribution >= 0.6 is 12.4 Å². The Bertz CT molecular complexity index is 217. The zero-order valence-electron chi connectivity index (χ0n) is 9.34. The van der Waals surface area contributed by atoms with Crippen LogP contribution in [-0.2, 0) is 4.79 Å². The molecule has 1 saturated carbocycles. The number of halogens is 1. The molecule has 2 N–H and O–H groups in total. The lowest BCUT2D eigenvalue weighted by Crippen LogP contribution is -2.54. The molecule has 1 amide bonds. The van der Waals surface area contributed by atoms with Gasteiger partial charge in [0.15, 0.2) is 0 Å². The van der Waals surface area contributed by atoms with Gasteiger partial charge in [0.1, 0.15) is 0 Å². The SMILES string of the molecule is CCC1(NC(=O)[C@H]2CCNC2)CCC1.Cl. The molecule has 0 aromatic heterocycles. The molecule has 1 saturated heterocycles. The molecule has 2 rings (SSSR count). The summed E-state index contributed by atoms with van der Waals surface area (Å²) >= 11 is 0. The van der Waals surface area contributed by atoms with E-state index in [0.29, 0.717) is 0 Å². The first kappa shape index (κ1) is 12.8. The Morgan fingerprint density at radius 1 is 1.53 bits per heavy atom. The fourth-order valence-corrected chi connectivity index (χ4v) is 2.41. The zero-order chi connectivity index (χ0) is 10.0. The Labute approximate surface area is 97.8 Å². The molecule has 0 unspecified atom stereocenters. The Morgan fingerprint density at radius 2 is 2.27 bits per heavy atom. The maximum atomic E-state index is 11.9. The first-order chi connectivity index (χ1) is 6.76. The van der Waals surface area contributed by atoms with Gasteiger partial charge in [-0.2, -0.15) is 0 Å². The lowest BCUT2D eigenvalue weighted by molar-refractivity contribution is -0.127. The third kappa shape index (κ3) is 2.64. The Balaban J connectivity index is 0.00000112. The highest BCUT2D eigenvalue weighted by atomic mass is 35.5. The van der Waals surface area contributed by atoms with Crippen molar-refractivity contribution in [1.29, 1.82) is 0 Å². The van der Waals surface area contributed by atoms with Crippen molar-refractivity contribution in [3.8, 4) is 0 Å². The van der Waals surface area contributed by atoms with Gasteiger partial charge in [0.25, 0.3) is 0 Å². The summed E-state index contributed by atoms with van der Waals surface area (Å²) in [6.07, 6.45) is 5.71. The second kappa shape index (κ2) is 5.17. The van der Waals surface area contributed by atoms with Gasteiger partial charge >= 0.3 is 0 Å². The molecule has 4 heteroatoms. The molecule has 0 spiro atoms. The summed E-state index contributed by atoms with van der Waals surface area (Å²) in [5.41, 5.74) is 0.166. The quantitative estimate of drug-likeness (QED) is 0.774. The Hall–Kier alpha value is -0.280. The van der Waals surface area contributed by atoms with E-state index in [9.17, 15) is 4.79 Å². The van der Waals surface area contributed by atoms with Gasteiger partial charge in [0, 0.05) is 12.1 Å². The van der Waals surface area contributed by atoms with Crippen LogP contribution < -0.4 is 10.6 Å². The van der Waals surface area contributed by atoms with Gasteiger partial charge in [-0.15, -0.1) is 12.4 Å². The van der Waals surface area contributed by atoms with Gasteiger partial charge in [0.2, 0.25) is 5.91 Å². The number of hydrogen-bond acceptors (Lipinski definition) is 2. The standard InChI is InChI=1S/C11H20N2O.ClH/c1-2-11(5-3-6-11)13-10(14)9-4-7-12-8-9;/h9,12H,2-8H2,1H3,(H,13,14);1H/t9-;/m0./s1. The molecule has 2 fully saturated rings. The van der Waals surface area contributed by atoms with Gasteiger partial charge in [0.05, 0.1) is 5.92 Å². The highest BCUT2D eigenvalue weighted by Gasteiger charge is 2.38. The van der Waals surface area contributed by atoms with Crippen LogP contribution in [-0.4, -0.2) is 24.5 Å². The summed E-state index contributed by atoms with van der Waals surface area (Å²) in [5, 5.41) is 6.47. The van der Waals surface area contributed by atoms with Gasteiger partial charge < -0.3 is 10.6 Å². The predicted molar refractivity (Wildman–Crippen MR) is 63.2 cm³/mol. The lowest BCUT2D eigenvalue weighted by Gasteiger charge is -2.42. The molecule has 3 nitrogen and oxygen atoms in total. The summed E-state index contributed by atoms with van der Waals surface area (Å²) in [5.74, 6) is 0.496. The molecule has 1 heterocycles. The van der Waals surface area contributed by atoms with E-state index in [1.165, 1.54) is 19.3 Å². The number of rotatable bonds is 3. The average Bonchev–Trinajstić information content (AvgIpc) is 2.63. The maximum Gasteiger partial charge on any atom is 0.224 e. The third-order valence-electron chi connectivity index (χ3n) is 3.81. The molecule has 1 aliphatic carbocycles. The zero-order valence-corrected chi connectivity index (χ0v) is 10.2. The largest absolute Gasteiger partial charge is 0.350 e. The van der Waals surface area contributed by atoms with Gasteiger partial charge in [-0.05, 0) is 38.6 Å². The van der Waals surface area contributed by atoms with Crippen LogP contribution in [0.15, 0.2) is 0 Å². The minimum absolute atomic E-state index is 0. The highest BCUT2D eigenvalue weighted by molar-refractivity contribution is 5.85. The van der Waals surface area contributed by atoms with Crippen molar-refractivity contribution in [3.63, 3.8) is 0 Å². The number of nitrogens with one attached hydrogen (secondary N) is 2. The molecule has 88 valence electrons. The summed E-state index contributed by atoms with van der Waals surface area (Å²) in [6.45, 7) is 4.04. The van der Waals surface area contributed by atoms with Crippen molar-refractivity contribution in [1.82, 2.24) is 10.6 Å². The predicted octanol–water partition coefficient (Wildman–Crippen LogP) is 1.47. The van der Waals surface area contributed by atoms with E-state index in [2.05, 4.69) is 17.6 Å². The lowest BCUT2D eigenvalue weighted by atomic mass is 9.74. The average molecular weight is 233 g/mol. The van der Waals surface area contributed by atoms with Crippen LogP contribution in [0.2, 0.25) is 0 Å². The Kier molecular flexibility index (Phi) is 4.41. The normalized spacial score (nSPS) is 27.7. The number of hydrogen-bond donors (Lipinski definition) is 2. The maximum absolute atomic E-state index is 11.9. The van der Waals surface area contributed by atoms with Crippen LogP contribution in [0.5, 0.6) is 0 Å². The number of amides is 1. The van der Waals surface area contributed by atoms with E-state index >= 15 is 0 Å². The van der Waals surface area contributed by atoms with E-state index in [-0.39, 0.29) is 29.8 Å². The number of carbonyl (C=O) groups is 1. The monoisotopic (exact) mass is 232 g/mol. The van der Waals surface area contributed by atoms with Gasteiger partial charge in [-0.25, -0.2) is 0 Å². The van der Waals surface area contributed by atoms with E-state index in [0.717, 1.165) is 25.9 Å². The molecule has 1 aliphatic heterocycles. The van der Waals surface area contributed by atoms with Crippen LogP contribution in [0.3, 0.4) is 0 Å². The summed E-state index contributed by atoms with van der Waals surface area (Å²) in [7, 11) is 0. The summed E-state index contributed by atoms with van der Waals surface area (Å²) in [4.78, 5) is 11.9. The summed E-state index contributed by atoms with van der Waals surface area (Å²) in [6, 6.07) is 0. The fourth-order valence-electron chi connectivity index (χ4n) is 2.41. The minimum Gasteiger partial charge on any atom is -0.350 e. The third-order valence-corrected chi connectivity index (χ3v) is 3.81. The van der Waals surface area contributed by atoms with E-state index in [1.54, 1.807) is 0 Å². The first-order valence-electron chi connectivity index (χ1n) is 5.78. The van der Waals surface area contributed by atoms with Crippen LogP contribution in [0.4, 0.5) is 0 Å². The van der Waals surface area contributed by atoms with Gasteiger partial charge in [-0.1, -0.05) is 6.92 Å². The molecular weight excluding hydrogens is 212 g/mol. The fraction of sp³-hybridized carbons (Fsp3) is 0.909. The van der Waals surface area contributed by atoms with Gasteiger partial charge in [-0.3, -0.25) is 4.79 Å². The van der Waals surface area contributed by atoms with Crippen molar-refractivity contribution in [2.24, 2.45) is 5.92 Å². The second-order valence-corrected chi connectivity index (χ2v) is 4.67. The second-order valence-electron chi connectivity index (χ2n) is 4.67. The van der Waals surface area contributed by atoms with E-state index in [1.807, 2.05) is 0 Å². The smallest absolute Gasteiger partial charge is 0.224 e. The van der Waals surface area contributed by atoms with Crippen LogP contribution in [0, 0.1) is 5.92 Å². The molecule has 0 radical (unpaired) electrons. The molecule has 1 atom stereocenters. The molecular formula is C11H21ClN2O. The topological polar surface area (TPSA) is 41.1 Å². The molecule has 15 heavy (non-hydrogen) atoms. The molecule has 2 aliphatic rings. The van der Waals surface area contributed by atoms with Crippen molar-refractivity contribution >= 4 is 18.3 Å². The highest BCUT2D eigenvalue weighted by Crippen LogP contribution is 2.34. The van der Waals surface area contributed by atoms with Crippen molar-refractivity contribution in [2.75, 3.05) is 13.1 Å². The number of carbonyl (C=O) groups excluding carboxylic acids is 1. The molecule has 0 aromatic rings. The summed E-state index contributed by atoms with van der Waals surface area (Å²) < 4.78 is 0. The van der Waals surface area contributed by atoms with Crippen molar-refractivity contribution in [2.45, 2.75) is 44.6 Å².